The minimum absolute atomic E-state index is 0.247. The van der Waals surface area contributed by atoms with Gasteiger partial charge >= 0.3 is 0 Å². The number of para-hydroxylation sites is 2. The van der Waals surface area contributed by atoms with Gasteiger partial charge in [0.1, 0.15) is 0 Å². The van der Waals surface area contributed by atoms with E-state index in [0.717, 1.165) is 16.1 Å². The average molecular weight is 376 g/mol. The van der Waals surface area contributed by atoms with Gasteiger partial charge in [-0.3, -0.25) is 9.59 Å². The number of rotatable bonds is 5. The molecular weight excluding hydrogens is 356 g/mol. The van der Waals surface area contributed by atoms with Crippen molar-refractivity contribution in [1.29, 1.82) is 0 Å². The van der Waals surface area contributed by atoms with E-state index in [1.807, 2.05) is 55.6 Å². The fraction of sp³-hybridized carbons (Fsp3) is 0.0909. The molecule has 0 aliphatic rings. The monoisotopic (exact) mass is 376 g/mol. The maximum absolute atomic E-state index is 12.8. The zero-order chi connectivity index (χ0) is 19.2. The highest BCUT2D eigenvalue weighted by Gasteiger charge is 2.15. The van der Waals surface area contributed by atoms with Crippen LogP contribution in [0.4, 0.5) is 11.4 Å². The van der Waals surface area contributed by atoms with E-state index >= 15 is 0 Å². The minimum atomic E-state index is -0.267. The standard InChI is InChI=1S/C22H20N2O2S/c1-15-8-7-9-16(14-15)21(25)23-18-11-4-3-10-17(18)22(26)24-19-12-5-6-13-20(19)27-2/h3-14H,1-2H3,(H,23,25)(H,24,26). The molecule has 0 aromatic heterocycles. The Balaban J connectivity index is 1.83. The molecule has 0 bridgehead atoms. The van der Waals surface area contributed by atoms with Crippen LogP contribution >= 0.6 is 11.8 Å². The van der Waals surface area contributed by atoms with Gasteiger partial charge in [0.25, 0.3) is 11.8 Å². The molecule has 2 amide bonds. The van der Waals surface area contributed by atoms with Gasteiger partial charge in [0.15, 0.2) is 0 Å². The minimum Gasteiger partial charge on any atom is -0.321 e. The smallest absolute Gasteiger partial charge is 0.257 e. The first-order chi connectivity index (χ1) is 13.1. The van der Waals surface area contributed by atoms with Gasteiger partial charge in [-0.15, -0.1) is 11.8 Å². The van der Waals surface area contributed by atoms with Crippen LogP contribution in [0, 0.1) is 6.92 Å². The predicted octanol–water partition coefficient (Wildman–Crippen LogP) is 5.22. The number of hydrogen-bond donors (Lipinski definition) is 2. The number of nitrogens with one attached hydrogen (secondary N) is 2. The first-order valence-corrected chi connectivity index (χ1v) is 9.72. The molecule has 5 heteroatoms. The summed E-state index contributed by atoms with van der Waals surface area (Å²) in [4.78, 5) is 26.3. The van der Waals surface area contributed by atoms with Crippen molar-refractivity contribution >= 4 is 35.0 Å². The molecule has 0 atom stereocenters. The van der Waals surface area contributed by atoms with Crippen LogP contribution in [0.25, 0.3) is 0 Å². The molecule has 0 aliphatic heterocycles. The lowest BCUT2D eigenvalue weighted by atomic mass is 10.1. The fourth-order valence-corrected chi connectivity index (χ4v) is 3.26. The summed E-state index contributed by atoms with van der Waals surface area (Å²) in [7, 11) is 0. The number of hydrogen-bond acceptors (Lipinski definition) is 3. The zero-order valence-corrected chi connectivity index (χ0v) is 16.0. The number of carbonyl (C=O) groups excluding carboxylic acids is 2. The summed E-state index contributed by atoms with van der Waals surface area (Å²) in [5.41, 5.74) is 3.19. The van der Waals surface area contributed by atoms with E-state index in [9.17, 15) is 9.59 Å². The van der Waals surface area contributed by atoms with Crippen molar-refractivity contribution in [2.45, 2.75) is 11.8 Å². The van der Waals surface area contributed by atoms with Crippen LogP contribution in [0.1, 0.15) is 26.3 Å². The van der Waals surface area contributed by atoms with Crippen molar-refractivity contribution < 1.29 is 9.59 Å². The van der Waals surface area contributed by atoms with Crippen LogP contribution < -0.4 is 10.6 Å². The number of benzene rings is 3. The lowest BCUT2D eigenvalue weighted by molar-refractivity contribution is 0.102. The second kappa shape index (κ2) is 8.56. The molecule has 0 heterocycles. The highest BCUT2D eigenvalue weighted by Crippen LogP contribution is 2.26. The van der Waals surface area contributed by atoms with E-state index in [4.69, 9.17) is 0 Å². The van der Waals surface area contributed by atoms with Crippen molar-refractivity contribution in [2.24, 2.45) is 0 Å². The zero-order valence-electron chi connectivity index (χ0n) is 15.2. The summed E-state index contributed by atoms with van der Waals surface area (Å²) in [5.74, 6) is -0.514. The van der Waals surface area contributed by atoms with Gasteiger partial charge in [-0.2, -0.15) is 0 Å². The van der Waals surface area contributed by atoms with Gasteiger partial charge in [-0.1, -0.05) is 42.0 Å². The Bertz CT molecular complexity index is 985. The quantitative estimate of drug-likeness (QED) is 0.600. The summed E-state index contributed by atoms with van der Waals surface area (Å²) in [6.07, 6.45) is 1.96. The Labute approximate surface area is 163 Å². The molecule has 0 saturated heterocycles. The first-order valence-electron chi connectivity index (χ1n) is 8.50. The van der Waals surface area contributed by atoms with Gasteiger partial charge in [0, 0.05) is 10.5 Å². The largest absolute Gasteiger partial charge is 0.321 e. The van der Waals surface area contributed by atoms with Crippen molar-refractivity contribution in [1.82, 2.24) is 0 Å². The Morgan fingerprint density at radius 3 is 2.19 bits per heavy atom. The van der Waals surface area contributed by atoms with Crippen molar-refractivity contribution in [3.05, 3.63) is 89.5 Å². The number of amides is 2. The Morgan fingerprint density at radius 1 is 0.778 bits per heavy atom. The topological polar surface area (TPSA) is 58.2 Å². The highest BCUT2D eigenvalue weighted by molar-refractivity contribution is 7.98. The second-order valence-corrected chi connectivity index (χ2v) is 6.87. The molecule has 136 valence electrons. The molecule has 0 saturated carbocycles. The highest BCUT2D eigenvalue weighted by atomic mass is 32.2. The van der Waals surface area contributed by atoms with E-state index in [0.29, 0.717) is 16.8 Å². The Morgan fingerprint density at radius 2 is 1.44 bits per heavy atom. The molecule has 4 nitrogen and oxygen atoms in total. The number of carbonyl (C=O) groups is 2. The van der Waals surface area contributed by atoms with Crippen LogP contribution in [-0.4, -0.2) is 18.1 Å². The lowest BCUT2D eigenvalue weighted by Crippen LogP contribution is -2.18. The molecule has 0 spiro atoms. The molecule has 0 aliphatic carbocycles. The summed E-state index contributed by atoms with van der Waals surface area (Å²) >= 11 is 1.56. The molecule has 0 fully saturated rings. The summed E-state index contributed by atoms with van der Waals surface area (Å²) < 4.78 is 0. The van der Waals surface area contributed by atoms with E-state index < -0.39 is 0 Å². The van der Waals surface area contributed by atoms with Gasteiger partial charge < -0.3 is 10.6 Å². The van der Waals surface area contributed by atoms with Gasteiger partial charge in [-0.25, -0.2) is 0 Å². The molecular formula is C22H20N2O2S. The fourth-order valence-electron chi connectivity index (χ4n) is 2.71. The van der Waals surface area contributed by atoms with Crippen molar-refractivity contribution in [3.8, 4) is 0 Å². The van der Waals surface area contributed by atoms with E-state index in [-0.39, 0.29) is 11.8 Å². The van der Waals surface area contributed by atoms with Crippen molar-refractivity contribution in [2.75, 3.05) is 16.9 Å². The number of thioether (sulfide) groups is 1. The summed E-state index contributed by atoms with van der Waals surface area (Å²) in [6, 6.07) is 21.9. The maximum atomic E-state index is 12.8. The summed E-state index contributed by atoms with van der Waals surface area (Å²) in [5, 5.41) is 5.77. The number of aryl methyl sites for hydroxylation is 1. The molecule has 27 heavy (non-hydrogen) atoms. The third-order valence-electron chi connectivity index (χ3n) is 4.06. The Kier molecular flexibility index (Phi) is 5.94. The SMILES string of the molecule is CSc1ccccc1NC(=O)c1ccccc1NC(=O)c1cccc(C)c1. The van der Waals surface area contributed by atoms with Crippen LogP contribution in [0.15, 0.2) is 77.7 Å². The molecule has 3 aromatic carbocycles. The molecule has 0 unspecified atom stereocenters. The van der Waals surface area contributed by atoms with Crippen LogP contribution in [0.2, 0.25) is 0 Å². The number of anilines is 2. The van der Waals surface area contributed by atoms with Gasteiger partial charge in [-0.05, 0) is 49.6 Å². The molecule has 3 aromatic rings. The first kappa shape index (κ1) is 18.7. The summed E-state index contributed by atoms with van der Waals surface area (Å²) in [6.45, 7) is 1.93. The molecule has 3 rings (SSSR count). The van der Waals surface area contributed by atoms with Crippen LogP contribution in [0.5, 0.6) is 0 Å². The van der Waals surface area contributed by atoms with Gasteiger partial charge in [0.2, 0.25) is 0 Å². The third kappa shape index (κ3) is 4.57. The Hall–Kier alpha value is -3.05. The maximum Gasteiger partial charge on any atom is 0.257 e. The van der Waals surface area contributed by atoms with Crippen LogP contribution in [-0.2, 0) is 0 Å². The van der Waals surface area contributed by atoms with Crippen molar-refractivity contribution in [3.63, 3.8) is 0 Å². The predicted molar refractivity (Wildman–Crippen MR) is 112 cm³/mol. The van der Waals surface area contributed by atoms with Crippen LogP contribution in [0.3, 0.4) is 0 Å². The normalized spacial score (nSPS) is 10.3. The van der Waals surface area contributed by atoms with Gasteiger partial charge in [0.05, 0.1) is 16.9 Å². The molecule has 2 N–H and O–H groups in total. The molecule has 0 radical (unpaired) electrons. The average Bonchev–Trinajstić information content (AvgIpc) is 2.68. The van der Waals surface area contributed by atoms with E-state index in [2.05, 4.69) is 10.6 Å². The van der Waals surface area contributed by atoms with E-state index in [1.54, 1.807) is 42.1 Å². The lowest BCUT2D eigenvalue weighted by Gasteiger charge is -2.13. The van der Waals surface area contributed by atoms with E-state index in [1.165, 1.54) is 0 Å². The third-order valence-corrected chi connectivity index (χ3v) is 4.85. The second-order valence-electron chi connectivity index (χ2n) is 6.02.